The molecule has 0 radical (unpaired) electrons. The minimum Gasteiger partial charge on any atom is -0.494 e. The van der Waals surface area contributed by atoms with Gasteiger partial charge in [-0.15, -0.1) is 5.10 Å². The number of para-hydroxylation sites is 2. The first-order valence-electron chi connectivity index (χ1n) is 7.84. The molecule has 0 bridgehead atoms. The minimum absolute atomic E-state index is 0.237. The summed E-state index contributed by atoms with van der Waals surface area (Å²) in [6.07, 6.45) is 0. The Bertz CT molecular complexity index is 966. The fourth-order valence-electron chi connectivity index (χ4n) is 2.25. The van der Waals surface area contributed by atoms with Crippen molar-refractivity contribution in [3.63, 3.8) is 0 Å². The molecule has 0 aliphatic carbocycles. The van der Waals surface area contributed by atoms with Crippen LogP contribution in [0.4, 0.5) is 5.69 Å². The highest BCUT2D eigenvalue weighted by Gasteiger charge is 2.21. The van der Waals surface area contributed by atoms with Crippen molar-refractivity contribution in [2.75, 3.05) is 12.4 Å². The molecule has 0 saturated heterocycles. The molecule has 0 saturated carbocycles. The quantitative estimate of drug-likeness (QED) is 0.600. The summed E-state index contributed by atoms with van der Waals surface area (Å²) in [5.41, 5.74) is 1.17. The second kappa shape index (κ2) is 8.60. The number of amides is 1. The first-order valence-corrected chi connectivity index (χ1v) is 9.47. The van der Waals surface area contributed by atoms with Crippen molar-refractivity contribution < 1.29 is 9.53 Å². The molecule has 1 unspecified atom stereocenters. The maximum atomic E-state index is 12.5. The SMILES string of the molecule is COc1ccccc1-n1nnnc1SC(C)C(=O)Nc1ccc(Cl)cc1Cl. The van der Waals surface area contributed by atoms with E-state index in [2.05, 4.69) is 20.8 Å². The van der Waals surface area contributed by atoms with Gasteiger partial charge in [0, 0.05) is 5.02 Å². The number of thioether (sulfide) groups is 1. The maximum absolute atomic E-state index is 12.5. The molecular weight excluding hydrogens is 409 g/mol. The van der Waals surface area contributed by atoms with Gasteiger partial charge in [-0.2, -0.15) is 4.68 Å². The number of hydrogen-bond acceptors (Lipinski definition) is 6. The Hall–Kier alpha value is -2.29. The molecular formula is C17H15Cl2N5O2S. The van der Waals surface area contributed by atoms with E-state index in [1.54, 1.807) is 32.2 Å². The van der Waals surface area contributed by atoms with E-state index in [1.807, 2.05) is 24.3 Å². The van der Waals surface area contributed by atoms with Crippen LogP contribution < -0.4 is 10.1 Å². The number of benzene rings is 2. The second-order valence-electron chi connectivity index (χ2n) is 5.42. The molecule has 140 valence electrons. The van der Waals surface area contributed by atoms with Crippen LogP contribution in [-0.2, 0) is 4.79 Å². The van der Waals surface area contributed by atoms with E-state index in [1.165, 1.54) is 16.4 Å². The Balaban J connectivity index is 1.76. The van der Waals surface area contributed by atoms with Crippen LogP contribution in [0.3, 0.4) is 0 Å². The monoisotopic (exact) mass is 423 g/mol. The standard InChI is InChI=1S/C17H15Cl2N5O2S/c1-10(16(25)20-13-8-7-11(18)9-12(13)19)27-17-21-22-23-24(17)14-5-3-4-6-15(14)26-2/h3-10H,1-2H3,(H,20,25). The van der Waals surface area contributed by atoms with Crippen LogP contribution in [0, 0.1) is 0 Å². The molecule has 1 atom stereocenters. The molecule has 7 nitrogen and oxygen atoms in total. The summed E-state index contributed by atoms with van der Waals surface area (Å²) in [7, 11) is 1.57. The highest BCUT2D eigenvalue weighted by Crippen LogP contribution is 2.29. The Kier molecular flexibility index (Phi) is 6.20. The summed E-state index contributed by atoms with van der Waals surface area (Å²) < 4.78 is 6.88. The lowest BCUT2D eigenvalue weighted by Crippen LogP contribution is -2.23. The normalized spacial score (nSPS) is 11.9. The zero-order valence-corrected chi connectivity index (χ0v) is 16.7. The van der Waals surface area contributed by atoms with E-state index in [9.17, 15) is 4.79 Å². The molecule has 1 aromatic heterocycles. The number of nitrogens with one attached hydrogen (secondary N) is 1. The number of anilines is 1. The number of halogens is 2. The van der Waals surface area contributed by atoms with E-state index in [4.69, 9.17) is 27.9 Å². The number of carbonyl (C=O) groups is 1. The number of ether oxygens (including phenoxy) is 1. The van der Waals surface area contributed by atoms with Gasteiger partial charge in [0.05, 0.1) is 23.1 Å². The van der Waals surface area contributed by atoms with Crippen LogP contribution in [0.5, 0.6) is 5.75 Å². The van der Waals surface area contributed by atoms with Gasteiger partial charge in [0.2, 0.25) is 11.1 Å². The lowest BCUT2D eigenvalue weighted by Gasteiger charge is -2.13. The van der Waals surface area contributed by atoms with Crippen molar-refractivity contribution in [1.29, 1.82) is 0 Å². The minimum atomic E-state index is -0.476. The lowest BCUT2D eigenvalue weighted by atomic mass is 10.3. The van der Waals surface area contributed by atoms with Gasteiger partial charge in [0.15, 0.2) is 0 Å². The largest absolute Gasteiger partial charge is 0.494 e. The van der Waals surface area contributed by atoms with Gasteiger partial charge < -0.3 is 10.1 Å². The van der Waals surface area contributed by atoms with Crippen molar-refractivity contribution >= 4 is 46.6 Å². The lowest BCUT2D eigenvalue weighted by molar-refractivity contribution is -0.115. The molecule has 3 rings (SSSR count). The first kappa shape index (κ1) is 19.5. The first-order chi connectivity index (χ1) is 13.0. The van der Waals surface area contributed by atoms with Crippen molar-refractivity contribution in [2.45, 2.75) is 17.3 Å². The smallest absolute Gasteiger partial charge is 0.237 e. The van der Waals surface area contributed by atoms with E-state index in [0.29, 0.717) is 32.3 Å². The van der Waals surface area contributed by atoms with E-state index in [0.717, 1.165) is 0 Å². The summed E-state index contributed by atoms with van der Waals surface area (Å²) in [4.78, 5) is 12.5. The fourth-order valence-corrected chi connectivity index (χ4v) is 3.50. The molecule has 1 N–H and O–H groups in total. The summed E-state index contributed by atoms with van der Waals surface area (Å²) in [6, 6.07) is 12.2. The van der Waals surface area contributed by atoms with Crippen LogP contribution >= 0.6 is 35.0 Å². The zero-order chi connectivity index (χ0) is 19.4. The molecule has 1 amide bonds. The molecule has 0 fully saturated rings. The Morgan fingerprint density at radius 3 is 2.78 bits per heavy atom. The Labute approximate surface area is 170 Å². The summed E-state index contributed by atoms with van der Waals surface area (Å²) in [5, 5.41) is 15.4. The van der Waals surface area contributed by atoms with E-state index < -0.39 is 5.25 Å². The topological polar surface area (TPSA) is 81.9 Å². The number of carbonyl (C=O) groups excluding carboxylic acids is 1. The van der Waals surface area contributed by atoms with Crippen LogP contribution in [0.15, 0.2) is 47.6 Å². The molecule has 10 heteroatoms. The average Bonchev–Trinajstić information content (AvgIpc) is 3.11. The molecule has 27 heavy (non-hydrogen) atoms. The highest BCUT2D eigenvalue weighted by molar-refractivity contribution is 8.00. The molecule has 2 aromatic carbocycles. The van der Waals surface area contributed by atoms with Crippen LogP contribution in [0.2, 0.25) is 10.0 Å². The molecule has 0 spiro atoms. The third kappa shape index (κ3) is 4.52. The maximum Gasteiger partial charge on any atom is 0.237 e. The fraction of sp³-hybridized carbons (Fsp3) is 0.176. The number of nitrogens with zero attached hydrogens (tertiary/aromatic N) is 4. The number of aromatic nitrogens is 4. The van der Waals surface area contributed by atoms with Crippen molar-refractivity contribution in [3.05, 3.63) is 52.5 Å². The zero-order valence-electron chi connectivity index (χ0n) is 14.4. The van der Waals surface area contributed by atoms with Gasteiger partial charge in [-0.1, -0.05) is 47.1 Å². The highest BCUT2D eigenvalue weighted by atomic mass is 35.5. The van der Waals surface area contributed by atoms with Crippen molar-refractivity contribution in [1.82, 2.24) is 20.2 Å². The Morgan fingerprint density at radius 1 is 1.26 bits per heavy atom. The number of tetrazole rings is 1. The molecule has 0 aliphatic rings. The summed E-state index contributed by atoms with van der Waals surface area (Å²) >= 11 is 13.2. The predicted molar refractivity (Wildman–Crippen MR) is 106 cm³/mol. The van der Waals surface area contributed by atoms with Gasteiger partial charge in [-0.3, -0.25) is 4.79 Å². The van der Waals surface area contributed by atoms with Gasteiger partial charge in [-0.25, -0.2) is 0 Å². The van der Waals surface area contributed by atoms with Crippen LogP contribution in [0.25, 0.3) is 5.69 Å². The molecule has 0 aliphatic heterocycles. The third-order valence-electron chi connectivity index (χ3n) is 3.59. The summed E-state index contributed by atoms with van der Waals surface area (Å²) in [5.74, 6) is 0.385. The third-order valence-corrected chi connectivity index (χ3v) is 5.18. The molecule has 1 heterocycles. The second-order valence-corrected chi connectivity index (χ2v) is 7.57. The number of rotatable bonds is 6. The van der Waals surface area contributed by atoms with Crippen LogP contribution in [-0.4, -0.2) is 38.5 Å². The van der Waals surface area contributed by atoms with Gasteiger partial charge in [0.1, 0.15) is 11.4 Å². The molecule has 3 aromatic rings. The number of methoxy groups -OCH3 is 1. The van der Waals surface area contributed by atoms with Crippen molar-refractivity contribution in [2.24, 2.45) is 0 Å². The van der Waals surface area contributed by atoms with Gasteiger partial charge >= 0.3 is 0 Å². The van der Waals surface area contributed by atoms with E-state index in [-0.39, 0.29) is 5.91 Å². The average molecular weight is 424 g/mol. The van der Waals surface area contributed by atoms with Crippen molar-refractivity contribution in [3.8, 4) is 11.4 Å². The summed E-state index contributed by atoms with van der Waals surface area (Å²) in [6.45, 7) is 1.76. The van der Waals surface area contributed by atoms with E-state index >= 15 is 0 Å². The predicted octanol–water partition coefficient (Wildman–Crippen LogP) is 4.10. The van der Waals surface area contributed by atoms with Crippen LogP contribution in [0.1, 0.15) is 6.92 Å². The van der Waals surface area contributed by atoms with Gasteiger partial charge in [0.25, 0.3) is 0 Å². The van der Waals surface area contributed by atoms with Gasteiger partial charge in [-0.05, 0) is 47.7 Å². The Morgan fingerprint density at radius 2 is 2.04 bits per heavy atom. The number of hydrogen-bond donors (Lipinski definition) is 1.